The third-order valence-corrected chi connectivity index (χ3v) is 1.92. The lowest BCUT2D eigenvalue weighted by Crippen LogP contribution is -2.32. The largest absolute Gasteiger partial charge is 0.270 e. The van der Waals surface area contributed by atoms with E-state index in [2.05, 4.69) is 24.6 Å². The SMILES string of the molecule is C=C(CC[C@H](C)F)[C@H](S)NN. The maximum Gasteiger partial charge on any atom is 0.0976 e. The number of thiol groups is 1. The Morgan fingerprint density at radius 3 is 2.73 bits per heavy atom. The van der Waals surface area contributed by atoms with E-state index in [9.17, 15) is 4.39 Å². The molecule has 11 heavy (non-hydrogen) atoms. The molecular weight excluding hydrogens is 163 g/mol. The van der Waals surface area contributed by atoms with E-state index in [0.29, 0.717) is 12.8 Å². The van der Waals surface area contributed by atoms with Crippen molar-refractivity contribution < 1.29 is 4.39 Å². The van der Waals surface area contributed by atoms with Gasteiger partial charge in [0.15, 0.2) is 0 Å². The van der Waals surface area contributed by atoms with E-state index in [4.69, 9.17) is 5.84 Å². The molecule has 0 aromatic rings. The second-order valence-electron chi connectivity index (χ2n) is 2.55. The number of halogens is 1. The maximum atomic E-state index is 12.3. The molecule has 4 heteroatoms. The molecule has 0 radical (unpaired) electrons. The van der Waals surface area contributed by atoms with Gasteiger partial charge in [-0.1, -0.05) is 6.58 Å². The van der Waals surface area contributed by atoms with E-state index < -0.39 is 6.17 Å². The van der Waals surface area contributed by atoms with Crippen LogP contribution in [0.1, 0.15) is 19.8 Å². The molecule has 0 aliphatic carbocycles. The molecule has 0 bridgehead atoms. The standard InChI is InChI=1S/C7H15FN2S/c1-5(7(11)10-9)3-4-6(2)8/h6-7,10-11H,1,3-4,9H2,2H3/t6-,7-/m0/s1. The Labute approximate surface area is 72.4 Å². The van der Waals surface area contributed by atoms with E-state index >= 15 is 0 Å². The molecular formula is C7H15FN2S. The minimum Gasteiger partial charge on any atom is -0.270 e. The Kier molecular flexibility index (Phi) is 5.54. The summed E-state index contributed by atoms with van der Waals surface area (Å²) in [5, 5.41) is -0.228. The van der Waals surface area contributed by atoms with Crippen molar-refractivity contribution in [2.24, 2.45) is 5.84 Å². The van der Waals surface area contributed by atoms with Crippen LogP contribution in [0.2, 0.25) is 0 Å². The van der Waals surface area contributed by atoms with Crippen molar-refractivity contribution in [3.8, 4) is 0 Å². The summed E-state index contributed by atoms with van der Waals surface area (Å²) in [5.41, 5.74) is 3.25. The number of hydrogen-bond acceptors (Lipinski definition) is 3. The van der Waals surface area contributed by atoms with Crippen molar-refractivity contribution >= 4 is 12.6 Å². The van der Waals surface area contributed by atoms with Gasteiger partial charge in [0.05, 0.1) is 11.5 Å². The second-order valence-corrected chi connectivity index (χ2v) is 3.06. The summed E-state index contributed by atoms with van der Waals surface area (Å²) in [6.07, 6.45) is 0.318. The Morgan fingerprint density at radius 2 is 2.36 bits per heavy atom. The fraction of sp³-hybridized carbons (Fsp3) is 0.714. The first-order valence-electron chi connectivity index (χ1n) is 3.54. The molecule has 2 atom stereocenters. The zero-order chi connectivity index (χ0) is 8.85. The van der Waals surface area contributed by atoms with Gasteiger partial charge in [-0.05, 0) is 25.3 Å². The molecule has 0 heterocycles. The van der Waals surface area contributed by atoms with Gasteiger partial charge in [-0.25, -0.2) is 9.82 Å². The number of rotatable bonds is 5. The average molecular weight is 178 g/mol. The lowest BCUT2D eigenvalue weighted by Gasteiger charge is -2.12. The van der Waals surface area contributed by atoms with Crippen LogP contribution in [0.4, 0.5) is 4.39 Å². The topological polar surface area (TPSA) is 38.0 Å². The molecule has 66 valence electrons. The number of alkyl halides is 1. The van der Waals surface area contributed by atoms with E-state index in [1.807, 2.05) is 0 Å². The number of nitrogens with one attached hydrogen (secondary N) is 1. The Hall–Kier alpha value is -0.0600. The fourth-order valence-electron chi connectivity index (χ4n) is 0.639. The van der Waals surface area contributed by atoms with Crippen molar-refractivity contribution in [2.75, 3.05) is 0 Å². The van der Waals surface area contributed by atoms with Crippen molar-refractivity contribution in [3.05, 3.63) is 12.2 Å². The summed E-state index contributed by atoms with van der Waals surface area (Å²) in [7, 11) is 0. The van der Waals surface area contributed by atoms with Gasteiger partial charge in [0.2, 0.25) is 0 Å². The summed E-state index contributed by atoms with van der Waals surface area (Å²) in [5.74, 6) is 5.10. The zero-order valence-corrected chi connectivity index (χ0v) is 7.57. The molecule has 0 amide bonds. The molecule has 0 spiro atoms. The van der Waals surface area contributed by atoms with Crippen LogP contribution < -0.4 is 11.3 Å². The van der Waals surface area contributed by atoms with Crippen molar-refractivity contribution in [3.63, 3.8) is 0 Å². The van der Waals surface area contributed by atoms with Crippen LogP contribution >= 0.6 is 12.6 Å². The molecule has 0 aromatic heterocycles. The predicted octanol–water partition coefficient (Wildman–Crippen LogP) is 1.40. The van der Waals surface area contributed by atoms with Gasteiger partial charge in [-0.15, -0.1) is 0 Å². The summed E-state index contributed by atoms with van der Waals surface area (Å²) < 4.78 is 12.3. The summed E-state index contributed by atoms with van der Waals surface area (Å²) in [6.45, 7) is 5.24. The minimum atomic E-state index is -0.787. The van der Waals surface area contributed by atoms with Crippen LogP contribution in [0, 0.1) is 0 Å². The monoisotopic (exact) mass is 178 g/mol. The van der Waals surface area contributed by atoms with Gasteiger partial charge in [-0.3, -0.25) is 5.84 Å². The third-order valence-electron chi connectivity index (χ3n) is 1.41. The van der Waals surface area contributed by atoms with E-state index in [-0.39, 0.29) is 5.37 Å². The molecule has 0 saturated carbocycles. The first kappa shape index (κ1) is 10.9. The third kappa shape index (κ3) is 5.24. The van der Waals surface area contributed by atoms with Crippen LogP contribution in [-0.2, 0) is 0 Å². The summed E-state index contributed by atoms with van der Waals surface area (Å²) in [6, 6.07) is 0. The highest BCUT2D eigenvalue weighted by atomic mass is 32.1. The van der Waals surface area contributed by atoms with Gasteiger partial charge in [0, 0.05) is 0 Å². The molecule has 0 fully saturated rings. The number of nitrogens with two attached hydrogens (primary N) is 1. The zero-order valence-electron chi connectivity index (χ0n) is 6.68. The lowest BCUT2D eigenvalue weighted by molar-refractivity contribution is 0.340. The quantitative estimate of drug-likeness (QED) is 0.196. The molecule has 2 nitrogen and oxygen atoms in total. The van der Waals surface area contributed by atoms with Gasteiger partial charge >= 0.3 is 0 Å². The van der Waals surface area contributed by atoms with E-state index in [0.717, 1.165) is 5.57 Å². The van der Waals surface area contributed by atoms with Gasteiger partial charge in [0.25, 0.3) is 0 Å². The molecule has 0 unspecified atom stereocenters. The molecule has 0 aromatic carbocycles. The normalized spacial score (nSPS) is 16.0. The van der Waals surface area contributed by atoms with Crippen LogP contribution in [0.3, 0.4) is 0 Å². The molecule has 0 aliphatic rings. The van der Waals surface area contributed by atoms with Crippen molar-refractivity contribution in [1.29, 1.82) is 0 Å². The van der Waals surface area contributed by atoms with E-state index in [1.54, 1.807) is 0 Å². The summed E-state index contributed by atoms with van der Waals surface area (Å²) in [4.78, 5) is 0. The van der Waals surface area contributed by atoms with Crippen LogP contribution in [0.5, 0.6) is 0 Å². The molecule has 0 saturated heterocycles. The highest BCUT2D eigenvalue weighted by molar-refractivity contribution is 7.81. The first-order chi connectivity index (χ1) is 5.07. The Balaban J connectivity index is 3.52. The second kappa shape index (κ2) is 5.57. The fourth-order valence-corrected chi connectivity index (χ4v) is 0.768. The minimum absolute atomic E-state index is 0.228. The smallest absolute Gasteiger partial charge is 0.0976 e. The van der Waals surface area contributed by atoms with Crippen molar-refractivity contribution in [1.82, 2.24) is 5.43 Å². The first-order valence-corrected chi connectivity index (χ1v) is 4.05. The number of hydrazine groups is 1. The van der Waals surface area contributed by atoms with Crippen LogP contribution in [-0.4, -0.2) is 11.5 Å². The van der Waals surface area contributed by atoms with Crippen LogP contribution in [0.15, 0.2) is 12.2 Å². The highest BCUT2D eigenvalue weighted by Crippen LogP contribution is 2.12. The van der Waals surface area contributed by atoms with Crippen LogP contribution in [0.25, 0.3) is 0 Å². The Morgan fingerprint density at radius 1 is 1.82 bits per heavy atom. The summed E-state index contributed by atoms with van der Waals surface area (Å²) >= 11 is 4.07. The average Bonchev–Trinajstić information content (AvgIpc) is 1.98. The van der Waals surface area contributed by atoms with Gasteiger partial charge in [-0.2, -0.15) is 12.6 Å². The predicted molar refractivity (Wildman–Crippen MR) is 49.0 cm³/mol. The van der Waals surface area contributed by atoms with E-state index in [1.165, 1.54) is 6.92 Å². The van der Waals surface area contributed by atoms with Crippen molar-refractivity contribution in [2.45, 2.75) is 31.3 Å². The molecule has 0 rings (SSSR count). The van der Waals surface area contributed by atoms with Gasteiger partial charge in [0.1, 0.15) is 0 Å². The lowest BCUT2D eigenvalue weighted by atomic mass is 10.1. The molecule has 0 aliphatic heterocycles. The molecule has 3 N–H and O–H groups in total. The van der Waals surface area contributed by atoms with Gasteiger partial charge < -0.3 is 0 Å². The number of hydrogen-bond donors (Lipinski definition) is 3. The highest BCUT2D eigenvalue weighted by Gasteiger charge is 2.06. The Bertz CT molecular complexity index is 128. The maximum absolute atomic E-state index is 12.3.